The van der Waals surface area contributed by atoms with Gasteiger partial charge in [0.05, 0.1) is 6.61 Å². The van der Waals surface area contributed by atoms with Crippen molar-refractivity contribution < 1.29 is 9.53 Å². The average Bonchev–Trinajstić information content (AvgIpc) is 2.62. The van der Waals surface area contributed by atoms with Crippen LogP contribution in [0.15, 0.2) is 0 Å². The lowest BCUT2D eigenvalue weighted by molar-refractivity contribution is -0.145. The fourth-order valence-corrected chi connectivity index (χ4v) is 1.78. The van der Waals surface area contributed by atoms with E-state index in [9.17, 15) is 4.79 Å². The minimum atomic E-state index is -0.307. The zero-order chi connectivity index (χ0) is 12.8. The van der Waals surface area contributed by atoms with Crippen LogP contribution in [0.3, 0.4) is 0 Å². The summed E-state index contributed by atoms with van der Waals surface area (Å²) in [4.78, 5) is 16.2. The molecule has 0 aliphatic heterocycles. The van der Waals surface area contributed by atoms with Gasteiger partial charge in [0.25, 0.3) is 0 Å². The highest BCUT2D eigenvalue weighted by Gasteiger charge is 2.25. The third-order valence-corrected chi connectivity index (χ3v) is 2.61. The van der Waals surface area contributed by atoms with Crippen LogP contribution in [-0.2, 0) is 23.0 Å². The Bertz CT molecular complexity index is 374. The van der Waals surface area contributed by atoms with Gasteiger partial charge in [-0.25, -0.2) is 4.98 Å². The topological polar surface area (TPSA) is 57.0 Å². The Balaban J connectivity index is 2.91. The summed E-state index contributed by atoms with van der Waals surface area (Å²) >= 11 is 0. The first-order chi connectivity index (χ1) is 8.13. The molecule has 0 fully saturated rings. The van der Waals surface area contributed by atoms with Gasteiger partial charge in [0.15, 0.2) is 5.82 Å². The number of aromatic nitrogens is 3. The maximum atomic E-state index is 11.8. The average molecular weight is 239 g/mol. The molecule has 0 aromatic carbocycles. The number of carbonyl (C=O) groups excluding carboxylic acids is 1. The van der Waals surface area contributed by atoms with Crippen molar-refractivity contribution >= 4 is 5.97 Å². The lowest BCUT2D eigenvalue weighted by Gasteiger charge is -2.11. The molecule has 1 aromatic heterocycles. The second kappa shape index (κ2) is 6.37. The summed E-state index contributed by atoms with van der Waals surface area (Å²) in [5.74, 6) is 0.980. The van der Waals surface area contributed by atoms with Gasteiger partial charge in [-0.2, -0.15) is 5.10 Å². The van der Waals surface area contributed by atoms with Crippen molar-refractivity contribution in [1.82, 2.24) is 14.8 Å². The largest absolute Gasteiger partial charge is 0.465 e. The van der Waals surface area contributed by atoms with Crippen molar-refractivity contribution in [3.63, 3.8) is 0 Å². The SMILES string of the molecule is CCCc1nc(C(CC)C(=O)OCC)n(C)n1. The normalized spacial score (nSPS) is 12.5. The molecule has 0 saturated carbocycles. The van der Waals surface area contributed by atoms with Gasteiger partial charge < -0.3 is 4.74 Å². The minimum absolute atomic E-state index is 0.214. The quantitative estimate of drug-likeness (QED) is 0.711. The Labute approximate surface area is 102 Å². The standard InChI is InChI=1S/C12H21N3O2/c1-5-8-10-13-11(15(4)14-10)9(6-2)12(16)17-7-3/h9H,5-8H2,1-4H3. The third kappa shape index (κ3) is 3.28. The van der Waals surface area contributed by atoms with Crippen molar-refractivity contribution in [1.29, 1.82) is 0 Å². The van der Waals surface area contributed by atoms with E-state index >= 15 is 0 Å². The van der Waals surface area contributed by atoms with Crippen LogP contribution < -0.4 is 0 Å². The number of aryl methyl sites for hydroxylation is 2. The van der Waals surface area contributed by atoms with Crippen LogP contribution in [0.5, 0.6) is 0 Å². The lowest BCUT2D eigenvalue weighted by atomic mass is 10.1. The molecule has 1 atom stereocenters. The van der Waals surface area contributed by atoms with Crippen molar-refractivity contribution in [2.75, 3.05) is 6.61 Å². The van der Waals surface area contributed by atoms with Crippen molar-refractivity contribution in [3.05, 3.63) is 11.6 Å². The highest BCUT2D eigenvalue weighted by atomic mass is 16.5. The Morgan fingerprint density at radius 3 is 2.65 bits per heavy atom. The molecule has 1 rings (SSSR count). The second-order valence-corrected chi connectivity index (χ2v) is 3.97. The molecule has 0 aliphatic rings. The van der Waals surface area contributed by atoms with E-state index in [1.54, 1.807) is 4.68 Å². The first-order valence-electron chi connectivity index (χ1n) is 6.20. The summed E-state index contributed by atoms with van der Waals surface area (Å²) < 4.78 is 6.74. The van der Waals surface area contributed by atoms with E-state index in [0.717, 1.165) is 18.7 Å². The number of rotatable bonds is 6. The maximum Gasteiger partial charge on any atom is 0.316 e. The molecule has 5 heteroatoms. The van der Waals surface area contributed by atoms with Crippen LogP contribution in [0.2, 0.25) is 0 Å². The zero-order valence-corrected chi connectivity index (χ0v) is 11.1. The van der Waals surface area contributed by atoms with E-state index in [2.05, 4.69) is 17.0 Å². The number of hydrogen-bond donors (Lipinski definition) is 0. The van der Waals surface area contributed by atoms with E-state index in [1.807, 2.05) is 20.9 Å². The van der Waals surface area contributed by atoms with Gasteiger partial charge >= 0.3 is 5.97 Å². The summed E-state index contributed by atoms with van der Waals surface area (Å²) in [6.45, 7) is 6.24. The molecule has 0 spiro atoms. The zero-order valence-electron chi connectivity index (χ0n) is 11.1. The predicted molar refractivity (Wildman–Crippen MR) is 64.7 cm³/mol. The van der Waals surface area contributed by atoms with Crippen LogP contribution in [-0.4, -0.2) is 27.3 Å². The van der Waals surface area contributed by atoms with Gasteiger partial charge in [-0.3, -0.25) is 9.48 Å². The highest BCUT2D eigenvalue weighted by molar-refractivity contribution is 5.76. The van der Waals surface area contributed by atoms with Gasteiger partial charge in [0.1, 0.15) is 11.7 Å². The van der Waals surface area contributed by atoms with E-state index in [0.29, 0.717) is 18.9 Å². The molecule has 0 saturated heterocycles. The summed E-state index contributed by atoms with van der Waals surface area (Å²) in [7, 11) is 1.82. The van der Waals surface area contributed by atoms with Crippen LogP contribution in [0.25, 0.3) is 0 Å². The van der Waals surface area contributed by atoms with Gasteiger partial charge in [0, 0.05) is 13.5 Å². The number of nitrogens with zero attached hydrogens (tertiary/aromatic N) is 3. The fraction of sp³-hybridized carbons (Fsp3) is 0.750. The summed E-state index contributed by atoms with van der Waals surface area (Å²) in [5.41, 5.74) is 0. The predicted octanol–water partition coefficient (Wildman–Crippen LogP) is 1.82. The van der Waals surface area contributed by atoms with E-state index in [-0.39, 0.29) is 11.9 Å². The number of ether oxygens (including phenoxy) is 1. The van der Waals surface area contributed by atoms with Gasteiger partial charge in [0.2, 0.25) is 0 Å². The second-order valence-electron chi connectivity index (χ2n) is 3.97. The summed E-state index contributed by atoms with van der Waals surface area (Å²) in [5, 5.41) is 4.31. The number of carbonyl (C=O) groups is 1. The third-order valence-electron chi connectivity index (χ3n) is 2.61. The van der Waals surface area contributed by atoms with Crippen molar-refractivity contribution in [2.24, 2.45) is 7.05 Å². The maximum absolute atomic E-state index is 11.8. The fourth-order valence-electron chi connectivity index (χ4n) is 1.78. The monoisotopic (exact) mass is 239 g/mol. The highest BCUT2D eigenvalue weighted by Crippen LogP contribution is 2.19. The Morgan fingerprint density at radius 2 is 2.12 bits per heavy atom. The number of hydrogen-bond acceptors (Lipinski definition) is 4. The smallest absolute Gasteiger partial charge is 0.316 e. The van der Waals surface area contributed by atoms with Gasteiger partial charge in [-0.15, -0.1) is 0 Å². The van der Waals surface area contributed by atoms with E-state index in [4.69, 9.17) is 4.74 Å². The molecule has 17 heavy (non-hydrogen) atoms. The molecule has 0 radical (unpaired) electrons. The van der Waals surface area contributed by atoms with Crippen LogP contribution in [0.1, 0.15) is 51.2 Å². The summed E-state index contributed by atoms with van der Waals surface area (Å²) in [6, 6.07) is 0. The molecule has 96 valence electrons. The Hall–Kier alpha value is -1.39. The van der Waals surface area contributed by atoms with Crippen LogP contribution >= 0.6 is 0 Å². The van der Waals surface area contributed by atoms with E-state index < -0.39 is 0 Å². The molecule has 5 nitrogen and oxygen atoms in total. The first kappa shape index (κ1) is 13.7. The minimum Gasteiger partial charge on any atom is -0.465 e. The molecule has 1 heterocycles. The summed E-state index contributed by atoms with van der Waals surface area (Å²) in [6.07, 6.45) is 2.52. The van der Waals surface area contributed by atoms with Crippen molar-refractivity contribution in [2.45, 2.75) is 46.0 Å². The van der Waals surface area contributed by atoms with Gasteiger partial charge in [-0.05, 0) is 19.8 Å². The van der Waals surface area contributed by atoms with E-state index in [1.165, 1.54) is 0 Å². The molecule has 0 aliphatic carbocycles. The molecule has 0 amide bonds. The molecule has 0 bridgehead atoms. The Kier molecular flexibility index (Phi) is 5.12. The molecular weight excluding hydrogens is 218 g/mol. The first-order valence-corrected chi connectivity index (χ1v) is 6.20. The van der Waals surface area contributed by atoms with Crippen LogP contribution in [0, 0.1) is 0 Å². The molecule has 1 aromatic rings. The Morgan fingerprint density at radius 1 is 1.41 bits per heavy atom. The van der Waals surface area contributed by atoms with Gasteiger partial charge in [-0.1, -0.05) is 13.8 Å². The van der Waals surface area contributed by atoms with Crippen LogP contribution in [0.4, 0.5) is 0 Å². The molecule has 1 unspecified atom stereocenters. The van der Waals surface area contributed by atoms with Crippen molar-refractivity contribution in [3.8, 4) is 0 Å². The molecule has 0 N–H and O–H groups in total. The molecular formula is C12H21N3O2. The number of esters is 1. The lowest BCUT2D eigenvalue weighted by Crippen LogP contribution is -2.19.